The molecule has 3 aromatic rings. The van der Waals surface area contributed by atoms with E-state index < -0.39 is 17.5 Å². The number of benzene rings is 2. The first kappa shape index (κ1) is 20.6. The fourth-order valence-electron chi connectivity index (χ4n) is 4.13. The molecule has 4 rings (SSSR count). The Morgan fingerprint density at radius 3 is 2.23 bits per heavy atom. The van der Waals surface area contributed by atoms with Gasteiger partial charge < -0.3 is 9.88 Å². The molecule has 1 fully saturated rings. The summed E-state index contributed by atoms with van der Waals surface area (Å²) < 4.78 is 2.07. The van der Waals surface area contributed by atoms with Gasteiger partial charge in [-0.2, -0.15) is 0 Å². The zero-order valence-corrected chi connectivity index (χ0v) is 17.9. The van der Waals surface area contributed by atoms with Crippen LogP contribution in [-0.4, -0.2) is 33.7 Å². The van der Waals surface area contributed by atoms with Gasteiger partial charge in [-0.25, -0.2) is 4.79 Å². The van der Waals surface area contributed by atoms with Crippen molar-refractivity contribution in [2.75, 3.05) is 6.54 Å². The first-order valence-electron chi connectivity index (χ1n) is 10.2. The van der Waals surface area contributed by atoms with Gasteiger partial charge in [0.2, 0.25) is 0 Å². The molecule has 0 bridgehead atoms. The quantitative estimate of drug-likeness (QED) is 0.492. The van der Waals surface area contributed by atoms with Gasteiger partial charge in [0.05, 0.1) is 6.54 Å². The number of carbonyl (C=O) groups is 3. The summed E-state index contributed by atoms with van der Waals surface area (Å²) in [6.07, 6.45) is 0. The Hall–Kier alpha value is -3.67. The van der Waals surface area contributed by atoms with E-state index in [1.54, 1.807) is 19.1 Å². The number of nitrogens with one attached hydrogen (secondary N) is 1. The Morgan fingerprint density at radius 2 is 1.58 bits per heavy atom. The molecule has 0 radical (unpaired) electrons. The molecule has 0 aliphatic carbocycles. The van der Waals surface area contributed by atoms with Crippen molar-refractivity contribution >= 4 is 17.7 Å². The summed E-state index contributed by atoms with van der Waals surface area (Å²) in [4.78, 5) is 39.8. The van der Waals surface area contributed by atoms with Gasteiger partial charge in [0.15, 0.2) is 5.78 Å². The van der Waals surface area contributed by atoms with Crippen LogP contribution in [0.5, 0.6) is 0 Å². The predicted octanol–water partition coefficient (Wildman–Crippen LogP) is 3.80. The van der Waals surface area contributed by atoms with Crippen molar-refractivity contribution in [1.82, 2.24) is 14.8 Å². The summed E-state index contributed by atoms with van der Waals surface area (Å²) in [5.74, 6) is -0.677. The molecule has 1 aliphatic rings. The number of Topliss-reactive ketones (excluding diaryl/α,β-unsaturated/α-hetero) is 1. The lowest BCUT2D eigenvalue weighted by Gasteiger charge is -2.22. The minimum atomic E-state index is -1.18. The summed E-state index contributed by atoms with van der Waals surface area (Å²) in [6.45, 7) is 5.87. The Bertz CT molecular complexity index is 1150. The van der Waals surface area contributed by atoms with Crippen molar-refractivity contribution in [2.45, 2.75) is 32.9 Å². The number of nitrogens with zero attached hydrogens (tertiary/aromatic N) is 2. The van der Waals surface area contributed by atoms with Crippen LogP contribution in [0.15, 0.2) is 66.7 Å². The van der Waals surface area contributed by atoms with E-state index in [-0.39, 0.29) is 12.3 Å². The molecule has 6 nitrogen and oxygen atoms in total. The third-order valence-electron chi connectivity index (χ3n) is 5.99. The van der Waals surface area contributed by atoms with Crippen molar-refractivity contribution in [3.63, 3.8) is 0 Å². The molecule has 158 valence electrons. The molecule has 1 saturated heterocycles. The van der Waals surface area contributed by atoms with Gasteiger partial charge in [-0.05, 0) is 38.0 Å². The highest BCUT2D eigenvalue weighted by atomic mass is 16.2. The minimum Gasteiger partial charge on any atom is -0.344 e. The number of urea groups is 1. The van der Waals surface area contributed by atoms with Crippen LogP contribution >= 0.6 is 0 Å². The van der Waals surface area contributed by atoms with Crippen molar-refractivity contribution in [2.24, 2.45) is 0 Å². The highest BCUT2D eigenvalue weighted by Gasteiger charge is 2.49. The van der Waals surface area contributed by atoms with Crippen molar-refractivity contribution < 1.29 is 14.4 Å². The summed E-state index contributed by atoms with van der Waals surface area (Å²) in [7, 11) is 0. The second-order valence-corrected chi connectivity index (χ2v) is 8.09. The van der Waals surface area contributed by atoms with E-state index in [1.807, 2.05) is 68.4 Å². The average molecular weight is 415 g/mol. The van der Waals surface area contributed by atoms with Crippen molar-refractivity contribution in [1.29, 1.82) is 0 Å². The Balaban J connectivity index is 1.56. The maximum Gasteiger partial charge on any atom is 0.325 e. The van der Waals surface area contributed by atoms with Gasteiger partial charge in [-0.15, -0.1) is 0 Å². The zero-order valence-electron chi connectivity index (χ0n) is 17.9. The van der Waals surface area contributed by atoms with E-state index in [1.165, 1.54) is 0 Å². The molecule has 6 heteroatoms. The number of carbonyl (C=O) groups excluding carboxylic acids is 3. The topological polar surface area (TPSA) is 71.4 Å². The molecule has 31 heavy (non-hydrogen) atoms. The number of aromatic nitrogens is 1. The SMILES string of the molecule is Cc1cc(C(=O)CN2C(=O)NC(C)(c3ccccc3)C2=O)c(C)n1Cc1ccccc1. The normalized spacial score (nSPS) is 18.4. The fraction of sp³-hybridized carbons (Fsp3) is 0.240. The maximum atomic E-state index is 13.1. The lowest BCUT2D eigenvalue weighted by molar-refractivity contribution is -0.130. The lowest BCUT2D eigenvalue weighted by atomic mass is 9.92. The highest BCUT2D eigenvalue weighted by Crippen LogP contribution is 2.29. The van der Waals surface area contributed by atoms with E-state index >= 15 is 0 Å². The van der Waals surface area contributed by atoms with Crippen LogP contribution in [0, 0.1) is 13.8 Å². The molecule has 0 spiro atoms. The van der Waals surface area contributed by atoms with E-state index in [9.17, 15) is 14.4 Å². The molecule has 3 amide bonds. The molecule has 1 aliphatic heterocycles. The second-order valence-electron chi connectivity index (χ2n) is 8.09. The fourth-order valence-corrected chi connectivity index (χ4v) is 4.13. The largest absolute Gasteiger partial charge is 0.344 e. The molecular weight excluding hydrogens is 390 g/mol. The first-order valence-corrected chi connectivity index (χ1v) is 10.2. The number of aryl methyl sites for hydroxylation is 1. The Morgan fingerprint density at radius 1 is 0.968 bits per heavy atom. The number of rotatable bonds is 6. The predicted molar refractivity (Wildman–Crippen MR) is 118 cm³/mol. The van der Waals surface area contributed by atoms with Crippen LogP contribution in [0.3, 0.4) is 0 Å². The molecule has 1 aromatic heterocycles. The smallest absolute Gasteiger partial charge is 0.325 e. The van der Waals surface area contributed by atoms with Crippen LogP contribution in [0.4, 0.5) is 4.79 Å². The Kier molecular flexibility index (Phi) is 5.23. The van der Waals surface area contributed by atoms with Crippen LogP contribution in [0.2, 0.25) is 0 Å². The number of amides is 3. The minimum absolute atomic E-state index is 0.256. The summed E-state index contributed by atoms with van der Waals surface area (Å²) >= 11 is 0. The summed E-state index contributed by atoms with van der Waals surface area (Å²) in [6, 6.07) is 20.4. The summed E-state index contributed by atoms with van der Waals surface area (Å²) in [5, 5.41) is 2.75. The third kappa shape index (κ3) is 3.65. The second kappa shape index (κ2) is 7.87. The maximum absolute atomic E-state index is 13.1. The lowest BCUT2D eigenvalue weighted by Crippen LogP contribution is -2.41. The zero-order chi connectivity index (χ0) is 22.2. The van der Waals surface area contributed by atoms with E-state index in [2.05, 4.69) is 9.88 Å². The van der Waals surface area contributed by atoms with E-state index in [4.69, 9.17) is 0 Å². The monoisotopic (exact) mass is 415 g/mol. The van der Waals surface area contributed by atoms with Gasteiger partial charge in [-0.1, -0.05) is 60.7 Å². The van der Waals surface area contributed by atoms with Crippen LogP contribution in [0.25, 0.3) is 0 Å². The van der Waals surface area contributed by atoms with Crippen LogP contribution in [0.1, 0.15) is 39.8 Å². The van der Waals surface area contributed by atoms with Gasteiger partial charge in [0.1, 0.15) is 5.54 Å². The number of hydrogen-bond donors (Lipinski definition) is 1. The summed E-state index contributed by atoms with van der Waals surface area (Å²) in [5.41, 5.74) is 2.95. The number of ketones is 1. The van der Waals surface area contributed by atoms with Gasteiger partial charge >= 0.3 is 6.03 Å². The molecule has 2 aromatic carbocycles. The molecule has 2 heterocycles. The van der Waals surface area contributed by atoms with Crippen molar-refractivity contribution in [3.8, 4) is 0 Å². The molecule has 1 N–H and O–H groups in total. The van der Waals surface area contributed by atoms with Crippen LogP contribution < -0.4 is 5.32 Å². The molecular formula is C25H25N3O3. The van der Waals surface area contributed by atoms with E-state index in [0.717, 1.165) is 21.9 Å². The van der Waals surface area contributed by atoms with Gasteiger partial charge in [-0.3, -0.25) is 14.5 Å². The number of imide groups is 1. The standard InChI is InChI=1S/C25H25N3O3/c1-17-14-21(18(2)27(17)15-19-10-6-4-7-11-19)22(29)16-28-23(30)25(3,26-24(28)31)20-12-8-5-9-13-20/h4-14H,15-16H2,1-3H3,(H,26,31). The van der Waals surface area contributed by atoms with Crippen molar-refractivity contribution in [3.05, 3.63) is 94.8 Å². The third-order valence-corrected chi connectivity index (χ3v) is 5.99. The van der Waals surface area contributed by atoms with E-state index in [0.29, 0.717) is 17.7 Å². The van der Waals surface area contributed by atoms with Gasteiger partial charge in [0.25, 0.3) is 5.91 Å². The Labute approximate surface area is 181 Å². The average Bonchev–Trinajstić information content (AvgIpc) is 3.17. The van der Waals surface area contributed by atoms with Crippen LogP contribution in [-0.2, 0) is 16.9 Å². The first-order chi connectivity index (χ1) is 14.8. The number of hydrogen-bond acceptors (Lipinski definition) is 3. The molecule has 1 unspecified atom stereocenters. The van der Waals surface area contributed by atoms with Gasteiger partial charge in [0, 0.05) is 23.5 Å². The molecule has 1 atom stereocenters. The highest BCUT2D eigenvalue weighted by molar-refractivity contribution is 6.11. The molecule has 0 saturated carbocycles.